The molecule has 1 saturated carbocycles. The number of carboxylic acid groups (broad SMARTS) is 1. The van der Waals surface area contributed by atoms with E-state index in [1.54, 1.807) is 11.8 Å². The average Bonchev–Trinajstić information content (AvgIpc) is 2.96. The third-order valence-corrected chi connectivity index (χ3v) is 7.00. The maximum absolute atomic E-state index is 10.9. The number of carboxylic acids is 1. The van der Waals surface area contributed by atoms with Crippen LogP contribution in [-0.4, -0.2) is 22.1 Å². The average molecular weight is 377 g/mol. The van der Waals surface area contributed by atoms with Gasteiger partial charge in [0.25, 0.3) is 0 Å². The molecule has 0 aliphatic heterocycles. The van der Waals surface area contributed by atoms with Gasteiger partial charge in [-0.25, -0.2) is 0 Å². The Morgan fingerprint density at radius 2 is 1.62 bits per heavy atom. The van der Waals surface area contributed by atoms with Gasteiger partial charge in [0.15, 0.2) is 0 Å². The predicted molar refractivity (Wildman–Crippen MR) is 113 cm³/mol. The molecule has 0 heterocycles. The zero-order chi connectivity index (χ0) is 19.5. The maximum Gasteiger partial charge on any atom is 0.313 e. The molecule has 1 N–H and O–H groups in total. The number of aliphatic carboxylic acids is 1. The fourth-order valence-corrected chi connectivity index (χ4v) is 5.02. The lowest BCUT2D eigenvalue weighted by molar-refractivity contribution is -0.133. The summed E-state index contributed by atoms with van der Waals surface area (Å²) in [6.07, 6.45) is 5.95. The van der Waals surface area contributed by atoms with Gasteiger partial charge in [0.2, 0.25) is 0 Å². The van der Waals surface area contributed by atoms with Crippen LogP contribution in [0.3, 0.4) is 0 Å². The summed E-state index contributed by atoms with van der Waals surface area (Å²) in [5.74, 6) is 0.221. The molecule has 3 heteroatoms. The van der Waals surface area contributed by atoms with Crippen molar-refractivity contribution in [1.82, 2.24) is 0 Å². The Balaban J connectivity index is 2.12. The molecule has 26 heavy (non-hydrogen) atoms. The van der Waals surface area contributed by atoms with Gasteiger partial charge < -0.3 is 5.11 Å². The van der Waals surface area contributed by atoms with Gasteiger partial charge in [0, 0.05) is 5.25 Å². The van der Waals surface area contributed by atoms with E-state index >= 15 is 0 Å². The van der Waals surface area contributed by atoms with Crippen LogP contribution in [0.25, 0.3) is 0 Å². The molecule has 1 aromatic rings. The molecule has 0 amide bonds. The summed E-state index contributed by atoms with van der Waals surface area (Å²) < 4.78 is 0. The quantitative estimate of drug-likeness (QED) is 0.642. The predicted octanol–water partition coefficient (Wildman–Crippen LogP) is 6.20. The topological polar surface area (TPSA) is 37.3 Å². The van der Waals surface area contributed by atoms with Crippen molar-refractivity contribution in [2.45, 2.75) is 89.7 Å². The fraction of sp³-hybridized carbons (Fsp3) is 0.696. The molecule has 1 aliphatic carbocycles. The summed E-state index contributed by atoms with van der Waals surface area (Å²) >= 11 is 1.65. The van der Waals surface area contributed by atoms with Gasteiger partial charge >= 0.3 is 5.97 Å². The lowest BCUT2D eigenvalue weighted by Crippen LogP contribution is -2.18. The van der Waals surface area contributed by atoms with Crippen LogP contribution in [0.15, 0.2) is 18.2 Å². The second kappa shape index (κ2) is 8.37. The van der Waals surface area contributed by atoms with Crippen LogP contribution < -0.4 is 0 Å². The van der Waals surface area contributed by atoms with Crippen molar-refractivity contribution in [3.63, 3.8) is 0 Å². The molecule has 2 atom stereocenters. The standard InChI is InChI=1S/C23H36O2S/c1-22(2,3)18-12-16(13-19(14-18)23(4,5)6)10-11-17-8-7-9-20(17)26-15-21(24)25/h12-14,17,20H,7-11,15H2,1-6H3,(H,24,25)/t17-,20+/m0/s1. The SMILES string of the molecule is CC(C)(C)c1cc(CC[C@@H]2CCC[C@H]2SCC(=O)O)cc(C(C)(C)C)c1. The van der Waals surface area contributed by atoms with E-state index < -0.39 is 5.97 Å². The Bertz CT molecular complexity index is 590. The van der Waals surface area contributed by atoms with E-state index in [4.69, 9.17) is 5.11 Å². The van der Waals surface area contributed by atoms with E-state index in [1.165, 1.54) is 42.4 Å². The summed E-state index contributed by atoms with van der Waals surface area (Å²) in [6, 6.07) is 7.16. The lowest BCUT2D eigenvalue weighted by atomic mass is 9.79. The Labute approximate surface area is 164 Å². The number of aryl methyl sites for hydroxylation is 1. The van der Waals surface area contributed by atoms with Crippen LogP contribution in [0.2, 0.25) is 0 Å². The van der Waals surface area contributed by atoms with Crippen LogP contribution in [0.4, 0.5) is 0 Å². The molecule has 1 fully saturated rings. The summed E-state index contributed by atoms with van der Waals surface area (Å²) in [5.41, 5.74) is 4.59. The van der Waals surface area contributed by atoms with Crippen molar-refractivity contribution in [2.75, 3.05) is 5.75 Å². The summed E-state index contributed by atoms with van der Waals surface area (Å²) in [5, 5.41) is 9.49. The van der Waals surface area contributed by atoms with E-state index in [0.717, 1.165) is 6.42 Å². The van der Waals surface area contributed by atoms with Gasteiger partial charge in [-0.1, -0.05) is 66.2 Å². The molecule has 1 aliphatic rings. The first-order chi connectivity index (χ1) is 12.0. The number of hydrogen-bond acceptors (Lipinski definition) is 2. The Kier molecular flexibility index (Phi) is 6.87. The van der Waals surface area contributed by atoms with Crippen LogP contribution in [0, 0.1) is 5.92 Å². The van der Waals surface area contributed by atoms with Crippen molar-refractivity contribution in [2.24, 2.45) is 5.92 Å². The van der Waals surface area contributed by atoms with Crippen molar-refractivity contribution in [1.29, 1.82) is 0 Å². The molecule has 0 spiro atoms. The number of rotatable bonds is 6. The van der Waals surface area contributed by atoms with E-state index in [9.17, 15) is 4.79 Å². The first-order valence-electron chi connectivity index (χ1n) is 9.95. The van der Waals surface area contributed by atoms with Crippen molar-refractivity contribution >= 4 is 17.7 Å². The Morgan fingerprint density at radius 3 is 2.12 bits per heavy atom. The third kappa shape index (κ3) is 6.04. The van der Waals surface area contributed by atoms with E-state index in [1.807, 2.05) is 0 Å². The molecular weight excluding hydrogens is 340 g/mol. The number of carbonyl (C=O) groups is 1. The summed E-state index contributed by atoms with van der Waals surface area (Å²) in [4.78, 5) is 10.9. The highest BCUT2D eigenvalue weighted by Crippen LogP contribution is 2.38. The van der Waals surface area contributed by atoms with Gasteiger partial charge in [-0.05, 0) is 59.1 Å². The number of thioether (sulfide) groups is 1. The molecular formula is C23H36O2S. The molecule has 2 nitrogen and oxygen atoms in total. The van der Waals surface area contributed by atoms with Crippen LogP contribution >= 0.6 is 11.8 Å². The van der Waals surface area contributed by atoms with Gasteiger partial charge in [0.05, 0.1) is 5.75 Å². The monoisotopic (exact) mass is 376 g/mol. The van der Waals surface area contributed by atoms with Gasteiger partial charge in [-0.15, -0.1) is 11.8 Å². The Hall–Kier alpha value is -0.960. The molecule has 0 saturated heterocycles. The lowest BCUT2D eigenvalue weighted by Gasteiger charge is -2.27. The normalized spacial score (nSPS) is 21.2. The maximum atomic E-state index is 10.9. The zero-order valence-corrected chi connectivity index (χ0v) is 18.2. The minimum absolute atomic E-state index is 0.156. The highest BCUT2D eigenvalue weighted by Gasteiger charge is 2.28. The first-order valence-corrected chi connectivity index (χ1v) is 11.0. The van der Waals surface area contributed by atoms with Gasteiger partial charge in [0.1, 0.15) is 0 Å². The van der Waals surface area contributed by atoms with Crippen molar-refractivity contribution < 1.29 is 9.90 Å². The highest BCUT2D eigenvalue weighted by molar-refractivity contribution is 8.00. The third-order valence-electron chi connectivity index (χ3n) is 5.54. The second-order valence-corrected chi connectivity index (χ2v) is 11.1. The van der Waals surface area contributed by atoms with Crippen LogP contribution in [0.1, 0.15) is 83.9 Å². The van der Waals surface area contributed by atoms with E-state index in [2.05, 4.69) is 59.7 Å². The second-order valence-electron chi connectivity index (χ2n) is 9.89. The first kappa shape index (κ1) is 21.3. The number of benzene rings is 1. The van der Waals surface area contributed by atoms with E-state index in [0.29, 0.717) is 11.2 Å². The minimum Gasteiger partial charge on any atom is -0.481 e. The van der Waals surface area contributed by atoms with Crippen molar-refractivity contribution in [3.8, 4) is 0 Å². The van der Waals surface area contributed by atoms with E-state index in [-0.39, 0.29) is 16.6 Å². The number of hydrogen-bond donors (Lipinski definition) is 1. The molecule has 0 aromatic heterocycles. The molecule has 0 radical (unpaired) electrons. The van der Waals surface area contributed by atoms with Gasteiger partial charge in [-0.2, -0.15) is 0 Å². The smallest absolute Gasteiger partial charge is 0.313 e. The molecule has 1 aromatic carbocycles. The minimum atomic E-state index is -0.687. The summed E-state index contributed by atoms with van der Waals surface area (Å²) in [6.45, 7) is 13.7. The molecule has 146 valence electrons. The highest BCUT2D eigenvalue weighted by atomic mass is 32.2. The Morgan fingerprint density at radius 1 is 1.04 bits per heavy atom. The molecule has 0 unspecified atom stereocenters. The molecule has 0 bridgehead atoms. The zero-order valence-electron chi connectivity index (χ0n) is 17.4. The largest absolute Gasteiger partial charge is 0.481 e. The molecule has 2 rings (SSSR count). The van der Waals surface area contributed by atoms with Crippen LogP contribution in [-0.2, 0) is 22.0 Å². The van der Waals surface area contributed by atoms with Crippen LogP contribution in [0.5, 0.6) is 0 Å². The van der Waals surface area contributed by atoms with Crippen molar-refractivity contribution in [3.05, 3.63) is 34.9 Å². The summed E-state index contributed by atoms with van der Waals surface area (Å²) in [7, 11) is 0. The fourth-order valence-electron chi connectivity index (χ4n) is 3.79. The van der Waals surface area contributed by atoms with Gasteiger partial charge in [-0.3, -0.25) is 4.79 Å².